The van der Waals surface area contributed by atoms with E-state index in [0.717, 1.165) is 47.5 Å². The minimum absolute atomic E-state index is 0.566. The van der Waals surface area contributed by atoms with E-state index in [0.29, 0.717) is 5.56 Å². The van der Waals surface area contributed by atoms with Gasteiger partial charge in [-0.25, -0.2) is 0 Å². The summed E-state index contributed by atoms with van der Waals surface area (Å²) in [5.74, 6) is 0. The number of aliphatic hydroxyl groups is 1. The molecule has 1 N–H and O–H groups in total. The molecule has 1 aliphatic rings. The molecule has 0 aliphatic heterocycles. The first kappa shape index (κ1) is 16.2. The molecule has 24 heavy (non-hydrogen) atoms. The van der Waals surface area contributed by atoms with Crippen molar-refractivity contribution >= 4 is 17.8 Å². The van der Waals surface area contributed by atoms with Gasteiger partial charge in [0.15, 0.2) is 0 Å². The number of nitrogens with zero attached hydrogens (tertiary/aromatic N) is 3. The van der Waals surface area contributed by atoms with Gasteiger partial charge in [-0.05, 0) is 35.8 Å². The molecule has 1 atom stereocenters. The summed E-state index contributed by atoms with van der Waals surface area (Å²) in [6.45, 7) is 3.12. The first-order valence-electron chi connectivity index (χ1n) is 8.26. The Morgan fingerprint density at radius 2 is 2.12 bits per heavy atom. The van der Waals surface area contributed by atoms with E-state index in [-0.39, 0.29) is 0 Å². The van der Waals surface area contributed by atoms with Crippen molar-refractivity contribution in [3.63, 3.8) is 0 Å². The van der Waals surface area contributed by atoms with E-state index in [1.54, 1.807) is 6.07 Å². The van der Waals surface area contributed by atoms with Crippen LogP contribution >= 0.6 is 0 Å². The molecule has 0 bridgehead atoms. The average molecular weight is 319 g/mol. The minimum atomic E-state index is -0.787. The fourth-order valence-corrected chi connectivity index (χ4v) is 3.01. The molecule has 1 aromatic heterocycles. The van der Waals surface area contributed by atoms with Crippen LogP contribution in [0.5, 0.6) is 0 Å². The largest absolute Gasteiger partial charge is 0.384 e. The Kier molecular flexibility index (Phi) is 4.64. The molecule has 122 valence electrons. The van der Waals surface area contributed by atoms with Crippen LogP contribution in [0, 0.1) is 11.3 Å². The number of pyridine rings is 1. The van der Waals surface area contributed by atoms with Crippen LogP contribution in [0.3, 0.4) is 0 Å². The monoisotopic (exact) mass is 319 g/mol. The number of fused-ring (bicyclic) bond motifs is 2. The lowest BCUT2D eigenvalue weighted by molar-refractivity contribution is 0.219. The molecule has 1 aromatic carbocycles. The van der Waals surface area contributed by atoms with Crippen LogP contribution in [0.15, 0.2) is 30.5 Å². The lowest BCUT2D eigenvalue weighted by atomic mass is 9.95. The van der Waals surface area contributed by atoms with Crippen LogP contribution < -0.4 is 4.90 Å². The summed E-state index contributed by atoms with van der Waals surface area (Å²) in [6.07, 6.45) is 7.05. The highest BCUT2D eigenvalue weighted by molar-refractivity contribution is 5.78. The van der Waals surface area contributed by atoms with Crippen LogP contribution in [0.1, 0.15) is 53.8 Å². The number of rotatable bonds is 4. The Balaban J connectivity index is 2.04. The third-order valence-corrected chi connectivity index (χ3v) is 4.48. The van der Waals surface area contributed by atoms with Gasteiger partial charge in [0.05, 0.1) is 29.2 Å². The second-order valence-electron chi connectivity index (χ2n) is 6.10. The Morgan fingerprint density at radius 1 is 1.29 bits per heavy atom. The van der Waals surface area contributed by atoms with E-state index in [2.05, 4.69) is 22.9 Å². The number of anilines is 1. The molecule has 0 radical (unpaired) electrons. The van der Waals surface area contributed by atoms with Crippen molar-refractivity contribution in [1.29, 1.82) is 5.26 Å². The summed E-state index contributed by atoms with van der Waals surface area (Å²) in [7, 11) is 2.04. The molecule has 0 spiro atoms. The number of hydrogen-bond acceptors (Lipinski definition) is 4. The predicted molar refractivity (Wildman–Crippen MR) is 96.6 cm³/mol. The van der Waals surface area contributed by atoms with E-state index in [1.165, 1.54) is 0 Å². The zero-order valence-corrected chi connectivity index (χ0v) is 14.0. The standard InChI is InChI=1S/C20H21N3O/c1-3-4-10-23(2)15-11-18-19(22-13-15)9-8-16-14(12-21)6-5-7-17(16)20(18)24/h5-9,11,13,20,24H,3-4,10H2,1-2H3. The fourth-order valence-electron chi connectivity index (χ4n) is 3.01. The van der Waals surface area contributed by atoms with Gasteiger partial charge in [-0.2, -0.15) is 5.26 Å². The minimum Gasteiger partial charge on any atom is -0.384 e. The molecule has 0 saturated carbocycles. The van der Waals surface area contributed by atoms with Crippen molar-refractivity contribution < 1.29 is 5.11 Å². The van der Waals surface area contributed by atoms with Crippen LogP contribution in [-0.4, -0.2) is 23.7 Å². The second kappa shape index (κ2) is 6.86. The Morgan fingerprint density at radius 3 is 2.88 bits per heavy atom. The maximum atomic E-state index is 10.9. The van der Waals surface area contributed by atoms with Crippen molar-refractivity contribution in [1.82, 2.24) is 4.98 Å². The zero-order chi connectivity index (χ0) is 17.1. The molecule has 0 amide bonds. The number of nitriles is 1. The van der Waals surface area contributed by atoms with Crippen LogP contribution in [-0.2, 0) is 0 Å². The molecule has 1 unspecified atom stereocenters. The Hall–Kier alpha value is -2.64. The van der Waals surface area contributed by atoms with Crippen molar-refractivity contribution in [2.24, 2.45) is 0 Å². The zero-order valence-electron chi connectivity index (χ0n) is 14.0. The molecule has 3 rings (SSSR count). The molecular weight excluding hydrogens is 298 g/mol. The van der Waals surface area contributed by atoms with Gasteiger partial charge < -0.3 is 10.0 Å². The summed E-state index contributed by atoms with van der Waals surface area (Å²) in [4.78, 5) is 6.68. The highest BCUT2D eigenvalue weighted by atomic mass is 16.3. The second-order valence-corrected chi connectivity index (χ2v) is 6.10. The van der Waals surface area contributed by atoms with Crippen molar-refractivity contribution in [2.45, 2.75) is 25.9 Å². The van der Waals surface area contributed by atoms with E-state index < -0.39 is 6.10 Å². The number of benzene rings is 1. The molecule has 4 heteroatoms. The molecule has 0 fully saturated rings. The maximum Gasteiger partial charge on any atom is 0.107 e. The van der Waals surface area contributed by atoms with Gasteiger partial charge in [0.2, 0.25) is 0 Å². The topological polar surface area (TPSA) is 60.1 Å². The van der Waals surface area contributed by atoms with Gasteiger partial charge >= 0.3 is 0 Å². The average Bonchev–Trinajstić information content (AvgIpc) is 2.76. The predicted octanol–water partition coefficient (Wildman–Crippen LogP) is 3.76. The third-order valence-electron chi connectivity index (χ3n) is 4.48. The maximum absolute atomic E-state index is 10.9. The number of unbranched alkanes of at least 4 members (excludes halogenated alkanes) is 1. The van der Waals surface area contributed by atoms with Gasteiger partial charge in [0, 0.05) is 19.2 Å². The van der Waals surface area contributed by atoms with E-state index in [4.69, 9.17) is 0 Å². The first-order valence-corrected chi connectivity index (χ1v) is 8.26. The quantitative estimate of drug-likeness (QED) is 0.932. The van der Waals surface area contributed by atoms with Crippen molar-refractivity contribution in [3.8, 4) is 6.07 Å². The first-order chi connectivity index (χ1) is 11.7. The van der Waals surface area contributed by atoms with Crippen LogP contribution in [0.2, 0.25) is 0 Å². The van der Waals surface area contributed by atoms with E-state index in [9.17, 15) is 10.4 Å². The number of aromatic nitrogens is 1. The van der Waals surface area contributed by atoms with Gasteiger partial charge in [0.1, 0.15) is 6.10 Å². The normalized spacial score (nSPS) is 15.2. The lowest BCUT2D eigenvalue weighted by Crippen LogP contribution is -2.19. The van der Waals surface area contributed by atoms with E-state index in [1.807, 2.05) is 43.6 Å². The highest BCUT2D eigenvalue weighted by Gasteiger charge is 2.22. The lowest BCUT2D eigenvalue weighted by Gasteiger charge is -2.21. The fraction of sp³-hybridized carbons (Fsp3) is 0.300. The van der Waals surface area contributed by atoms with E-state index >= 15 is 0 Å². The Labute approximate surface area is 142 Å². The van der Waals surface area contributed by atoms with Gasteiger partial charge in [-0.15, -0.1) is 0 Å². The molecule has 2 aromatic rings. The molecule has 0 saturated heterocycles. The summed E-state index contributed by atoms with van der Waals surface area (Å²) in [5, 5.41) is 20.2. The molecular formula is C20H21N3O. The van der Waals surface area contributed by atoms with Crippen LogP contribution in [0.25, 0.3) is 12.2 Å². The highest BCUT2D eigenvalue weighted by Crippen LogP contribution is 2.34. The number of aliphatic hydroxyl groups excluding tert-OH is 1. The van der Waals surface area contributed by atoms with Gasteiger partial charge in [0.25, 0.3) is 0 Å². The van der Waals surface area contributed by atoms with Crippen molar-refractivity contribution in [2.75, 3.05) is 18.5 Å². The SMILES string of the molecule is CCCCN(C)c1cnc2c(c1)C(O)c1cccc(C#N)c1C=C2. The van der Waals surface area contributed by atoms with Crippen molar-refractivity contribution in [3.05, 3.63) is 58.4 Å². The summed E-state index contributed by atoms with van der Waals surface area (Å²) in [5.41, 5.74) is 4.60. The number of hydrogen-bond donors (Lipinski definition) is 1. The molecule has 1 heterocycles. The van der Waals surface area contributed by atoms with Gasteiger partial charge in [-0.3, -0.25) is 4.98 Å². The molecule has 1 aliphatic carbocycles. The molecule has 4 nitrogen and oxygen atoms in total. The summed E-state index contributed by atoms with van der Waals surface area (Å²) in [6, 6.07) is 9.64. The Bertz CT molecular complexity index is 820. The van der Waals surface area contributed by atoms with Crippen LogP contribution in [0.4, 0.5) is 5.69 Å². The van der Waals surface area contributed by atoms with Gasteiger partial charge in [-0.1, -0.05) is 31.6 Å². The summed E-state index contributed by atoms with van der Waals surface area (Å²) < 4.78 is 0. The smallest absolute Gasteiger partial charge is 0.107 e. The summed E-state index contributed by atoms with van der Waals surface area (Å²) >= 11 is 0. The third kappa shape index (κ3) is 2.91.